The molecule has 3 N–H and O–H groups in total. The van der Waals surface area contributed by atoms with Gasteiger partial charge in [-0.3, -0.25) is 11.3 Å². The van der Waals surface area contributed by atoms with Crippen molar-refractivity contribution in [1.82, 2.24) is 5.43 Å². The van der Waals surface area contributed by atoms with E-state index >= 15 is 0 Å². The third-order valence-corrected chi connectivity index (χ3v) is 4.13. The maximum Gasteiger partial charge on any atom is 0.0885 e. The summed E-state index contributed by atoms with van der Waals surface area (Å²) in [5.41, 5.74) is 6.62. The topological polar surface area (TPSA) is 47.3 Å². The van der Waals surface area contributed by atoms with Gasteiger partial charge in [0.05, 0.1) is 11.6 Å². The van der Waals surface area contributed by atoms with Crippen LogP contribution in [0.3, 0.4) is 0 Å². The molecule has 0 aliphatic heterocycles. The molecule has 3 heteroatoms. The van der Waals surface area contributed by atoms with E-state index in [0.29, 0.717) is 0 Å². The molecule has 2 rings (SSSR count). The fourth-order valence-corrected chi connectivity index (χ4v) is 3.31. The lowest BCUT2D eigenvalue weighted by Crippen LogP contribution is -2.46. The number of hydrogen-bond donors (Lipinski definition) is 2. The minimum Gasteiger partial charge on any atom is -0.376 e. The average Bonchev–Trinajstić information content (AvgIpc) is 2.78. The minimum atomic E-state index is -0.144. The zero-order valence-corrected chi connectivity index (χ0v) is 11.6. The summed E-state index contributed by atoms with van der Waals surface area (Å²) in [5.74, 6) is 5.82. The quantitative estimate of drug-likeness (QED) is 0.636. The molecule has 100 valence electrons. The first-order valence-electron chi connectivity index (χ1n) is 6.71. The number of nitrogens with two attached hydrogens (primary N) is 1. The summed E-state index contributed by atoms with van der Waals surface area (Å²) in [6, 6.07) is 6.67. The smallest absolute Gasteiger partial charge is 0.0885 e. The molecule has 1 aliphatic rings. The zero-order chi connectivity index (χ0) is 13.2. The first kappa shape index (κ1) is 13.5. The molecule has 1 fully saturated rings. The van der Waals surface area contributed by atoms with Crippen LogP contribution in [0, 0.1) is 13.8 Å². The molecular weight excluding hydrogens is 224 g/mol. The predicted octanol–water partition coefficient (Wildman–Crippen LogP) is 2.77. The van der Waals surface area contributed by atoms with Gasteiger partial charge in [-0.2, -0.15) is 0 Å². The van der Waals surface area contributed by atoms with E-state index in [1.54, 1.807) is 7.11 Å². The van der Waals surface area contributed by atoms with Gasteiger partial charge in [-0.25, -0.2) is 0 Å². The van der Waals surface area contributed by atoms with Crippen molar-refractivity contribution >= 4 is 0 Å². The summed E-state index contributed by atoms with van der Waals surface area (Å²) in [6.45, 7) is 4.25. The predicted molar refractivity (Wildman–Crippen MR) is 74.2 cm³/mol. The Bertz CT molecular complexity index is 391. The monoisotopic (exact) mass is 248 g/mol. The van der Waals surface area contributed by atoms with E-state index < -0.39 is 0 Å². The van der Waals surface area contributed by atoms with Crippen molar-refractivity contribution in [3.8, 4) is 0 Å². The number of ether oxygens (including phenoxy) is 1. The van der Waals surface area contributed by atoms with Gasteiger partial charge in [0.15, 0.2) is 0 Å². The number of hydrogen-bond acceptors (Lipinski definition) is 3. The van der Waals surface area contributed by atoms with E-state index in [0.717, 1.165) is 12.8 Å². The molecule has 0 heterocycles. The van der Waals surface area contributed by atoms with Crippen LogP contribution in [0.25, 0.3) is 0 Å². The van der Waals surface area contributed by atoms with Crippen molar-refractivity contribution in [3.63, 3.8) is 0 Å². The number of methoxy groups -OCH3 is 1. The number of rotatable bonds is 4. The van der Waals surface area contributed by atoms with Crippen LogP contribution in [0.2, 0.25) is 0 Å². The van der Waals surface area contributed by atoms with Gasteiger partial charge in [-0.15, -0.1) is 0 Å². The highest BCUT2D eigenvalue weighted by molar-refractivity contribution is 5.32. The Morgan fingerprint density at radius 3 is 2.17 bits per heavy atom. The largest absolute Gasteiger partial charge is 0.376 e. The van der Waals surface area contributed by atoms with Crippen molar-refractivity contribution in [2.45, 2.75) is 51.2 Å². The van der Waals surface area contributed by atoms with E-state index in [1.165, 1.54) is 29.5 Å². The summed E-state index contributed by atoms with van der Waals surface area (Å²) < 4.78 is 5.84. The molecule has 0 radical (unpaired) electrons. The van der Waals surface area contributed by atoms with Crippen LogP contribution in [0.5, 0.6) is 0 Å². The van der Waals surface area contributed by atoms with Crippen LogP contribution in [0.4, 0.5) is 0 Å². The highest BCUT2D eigenvalue weighted by Gasteiger charge is 2.42. The molecule has 1 saturated carbocycles. The normalized spacial score (nSPS) is 20.0. The van der Waals surface area contributed by atoms with Gasteiger partial charge in [0.25, 0.3) is 0 Å². The van der Waals surface area contributed by atoms with Crippen LogP contribution < -0.4 is 11.3 Å². The second-order valence-electron chi connectivity index (χ2n) is 5.50. The van der Waals surface area contributed by atoms with Crippen LogP contribution in [-0.2, 0) is 4.74 Å². The molecule has 1 aliphatic carbocycles. The van der Waals surface area contributed by atoms with Gasteiger partial charge in [-0.05, 0) is 32.3 Å². The van der Waals surface area contributed by atoms with E-state index in [1.807, 2.05) is 0 Å². The number of hydrazine groups is 1. The van der Waals surface area contributed by atoms with Gasteiger partial charge in [0.1, 0.15) is 0 Å². The summed E-state index contributed by atoms with van der Waals surface area (Å²) in [5, 5.41) is 0. The Morgan fingerprint density at radius 2 is 1.72 bits per heavy atom. The molecule has 0 aromatic heterocycles. The van der Waals surface area contributed by atoms with E-state index in [4.69, 9.17) is 10.6 Å². The Hall–Kier alpha value is -0.900. The summed E-state index contributed by atoms with van der Waals surface area (Å²) in [4.78, 5) is 0. The van der Waals surface area contributed by atoms with Gasteiger partial charge >= 0.3 is 0 Å². The van der Waals surface area contributed by atoms with Gasteiger partial charge in [0.2, 0.25) is 0 Å². The number of nitrogens with one attached hydrogen (secondary N) is 1. The standard InChI is InChI=1S/C15H24N2O/c1-11-8-12(2)10-13(9-11)14(17-16)15(18-3)6-4-5-7-15/h8-10,14,17H,4-7,16H2,1-3H3. The molecule has 1 unspecified atom stereocenters. The van der Waals surface area contributed by atoms with Gasteiger partial charge in [0, 0.05) is 7.11 Å². The maximum absolute atomic E-state index is 5.84. The summed E-state index contributed by atoms with van der Waals surface area (Å²) >= 11 is 0. The van der Waals surface area contributed by atoms with Crippen LogP contribution in [0.15, 0.2) is 18.2 Å². The molecule has 0 bridgehead atoms. The molecule has 1 aromatic rings. The molecular formula is C15H24N2O. The van der Waals surface area contributed by atoms with Crippen molar-refractivity contribution in [1.29, 1.82) is 0 Å². The first-order valence-corrected chi connectivity index (χ1v) is 6.71. The maximum atomic E-state index is 5.84. The average molecular weight is 248 g/mol. The Balaban J connectivity index is 2.37. The van der Waals surface area contributed by atoms with E-state index in [9.17, 15) is 0 Å². The molecule has 18 heavy (non-hydrogen) atoms. The second-order valence-corrected chi connectivity index (χ2v) is 5.50. The zero-order valence-electron chi connectivity index (χ0n) is 11.6. The third kappa shape index (κ3) is 2.44. The molecule has 3 nitrogen and oxygen atoms in total. The van der Waals surface area contributed by atoms with Crippen molar-refractivity contribution < 1.29 is 4.74 Å². The van der Waals surface area contributed by atoms with Crippen molar-refractivity contribution in [2.24, 2.45) is 5.84 Å². The van der Waals surface area contributed by atoms with E-state index in [2.05, 4.69) is 37.5 Å². The molecule has 0 saturated heterocycles. The molecule has 0 amide bonds. The van der Waals surface area contributed by atoms with E-state index in [-0.39, 0.29) is 11.6 Å². The molecule has 1 aromatic carbocycles. The highest BCUT2D eigenvalue weighted by atomic mass is 16.5. The SMILES string of the molecule is COC1(C(NN)c2cc(C)cc(C)c2)CCCC1. The Labute approximate surface area is 110 Å². The summed E-state index contributed by atoms with van der Waals surface area (Å²) in [7, 11) is 1.80. The summed E-state index contributed by atoms with van der Waals surface area (Å²) in [6.07, 6.45) is 4.59. The molecule has 0 spiro atoms. The fraction of sp³-hybridized carbons (Fsp3) is 0.600. The highest BCUT2D eigenvalue weighted by Crippen LogP contribution is 2.42. The van der Waals surface area contributed by atoms with Crippen molar-refractivity contribution in [2.75, 3.05) is 7.11 Å². The lowest BCUT2D eigenvalue weighted by atomic mass is 9.86. The molecule has 1 atom stereocenters. The third-order valence-electron chi connectivity index (χ3n) is 4.13. The van der Waals surface area contributed by atoms with Crippen molar-refractivity contribution in [3.05, 3.63) is 34.9 Å². The Morgan fingerprint density at radius 1 is 1.17 bits per heavy atom. The van der Waals surface area contributed by atoms with Crippen LogP contribution in [-0.4, -0.2) is 12.7 Å². The fourth-order valence-electron chi connectivity index (χ4n) is 3.31. The van der Waals surface area contributed by atoms with Crippen LogP contribution in [0.1, 0.15) is 48.4 Å². The first-order chi connectivity index (χ1) is 8.61. The minimum absolute atomic E-state index is 0.0728. The number of benzene rings is 1. The second kappa shape index (κ2) is 5.39. The van der Waals surface area contributed by atoms with Crippen LogP contribution >= 0.6 is 0 Å². The lowest BCUT2D eigenvalue weighted by molar-refractivity contribution is -0.0368. The Kier molecular flexibility index (Phi) is 4.05. The van der Waals surface area contributed by atoms with Gasteiger partial charge in [-0.1, -0.05) is 42.2 Å². The van der Waals surface area contributed by atoms with Gasteiger partial charge < -0.3 is 4.74 Å². The lowest BCUT2D eigenvalue weighted by Gasteiger charge is -2.36. The number of aryl methyl sites for hydroxylation is 2.